The zero-order valence-corrected chi connectivity index (χ0v) is 36.7. The van der Waals surface area contributed by atoms with Crippen molar-refractivity contribution in [1.29, 1.82) is 0 Å². The summed E-state index contributed by atoms with van der Waals surface area (Å²) in [6.45, 7) is 7.91. The maximum Gasteiger partial charge on any atom is 0.408 e. The summed E-state index contributed by atoms with van der Waals surface area (Å²) in [5.74, 6) is 0.190. The summed E-state index contributed by atoms with van der Waals surface area (Å²) < 4.78 is 6.40. The lowest BCUT2D eigenvalue weighted by Gasteiger charge is -2.43. The van der Waals surface area contributed by atoms with Crippen LogP contribution in [0.2, 0.25) is 0 Å². The van der Waals surface area contributed by atoms with Crippen LogP contribution in [0.3, 0.4) is 0 Å². The van der Waals surface area contributed by atoms with Crippen molar-refractivity contribution in [3.63, 3.8) is 0 Å². The first-order chi connectivity index (χ1) is 29.5. The van der Waals surface area contributed by atoms with Crippen molar-refractivity contribution in [2.24, 2.45) is 0 Å². The Kier molecular flexibility index (Phi) is 14.0. The highest BCUT2D eigenvalue weighted by molar-refractivity contribution is 9.10. The number of carbonyl (C=O) groups excluding carboxylic acids is 1. The first-order valence-electron chi connectivity index (χ1n) is 20.4. The predicted molar refractivity (Wildman–Crippen MR) is 247 cm³/mol. The molecule has 0 saturated heterocycles. The number of ether oxygens (including phenoxy) is 1. The van der Waals surface area contributed by atoms with E-state index in [9.17, 15) is 25.0 Å². The number of nitro groups is 2. The van der Waals surface area contributed by atoms with Crippen molar-refractivity contribution in [2.75, 3.05) is 11.1 Å². The summed E-state index contributed by atoms with van der Waals surface area (Å²) in [5.41, 5.74) is 11.2. The average molecular weight is 901 g/mol. The largest absolute Gasteiger partial charge is 0.444 e. The zero-order valence-electron chi connectivity index (χ0n) is 35.1. The van der Waals surface area contributed by atoms with Crippen molar-refractivity contribution in [3.8, 4) is 22.5 Å². The fourth-order valence-corrected chi connectivity index (χ4v) is 7.49. The van der Waals surface area contributed by atoms with Gasteiger partial charge < -0.3 is 21.1 Å². The maximum absolute atomic E-state index is 12.0. The summed E-state index contributed by atoms with van der Waals surface area (Å²) in [6.07, 6.45) is 6.43. The summed E-state index contributed by atoms with van der Waals surface area (Å²) in [4.78, 5) is 41.5. The van der Waals surface area contributed by atoms with Gasteiger partial charge in [-0.25, -0.2) is 14.8 Å². The smallest absolute Gasteiger partial charge is 0.408 e. The molecule has 4 aromatic carbocycles. The molecule has 2 aliphatic rings. The SMILES string of the molecule is CC(C)(C)OC(=O)NC1(c2ccc(Br)cc2)CCC1.CC1(c2ccc(Nc3nc(-c4ccccc4)ccc3[N+](=O)[O-])cc2)CCC1.Nc1nc(-c2ccccc2)ccc1[N+](=O)[O-]. The van der Waals surface area contributed by atoms with E-state index in [1.807, 2.05) is 106 Å². The highest BCUT2D eigenvalue weighted by Gasteiger charge is 2.41. The maximum atomic E-state index is 12.0. The molecule has 2 aliphatic carbocycles. The van der Waals surface area contributed by atoms with Crippen molar-refractivity contribution >= 4 is 50.7 Å². The Morgan fingerprint density at radius 1 is 0.694 bits per heavy atom. The summed E-state index contributed by atoms with van der Waals surface area (Å²) in [6, 6.07) is 41.4. The first-order valence-corrected chi connectivity index (χ1v) is 21.2. The van der Waals surface area contributed by atoms with Gasteiger partial charge in [-0.2, -0.15) is 0 Å². The Hall–Kier alpha value is -6.67. The molecule has 4 N–H and O–H groups in total. The van der Waals surface area contributed by atoms with Crippen molar-refractivity contribution in [3.05, 3.63) is 169 Å². The summed E-state index contributed by atoms with van der Waals surface area (Å²) in [5, 5.41) is 28.1. The molecule has 0 aliphatic heterocycles. The van der Waals surface area contributed by atoms with Crippen molar-refractivity contribution < 1.29 is 19.4 Å². The van der Waals surface area contributed by atoms with Gasteiger partial charge in [-0.15, -0.1) is 0 Å². The molecule has 0 spiro atoms. The monoisotopic (exact) mass is 899 g/mol. The predicted octanol–water partition coefficient (Wildman–Crippen LogP) is 12.4. The van der Waals surface area contributed by atoms with Crippen LogP contribution in [0.4, 0.5) is 33.5 Å². The molecule has 14 heteroatoms. The number of nitrogens with zero attached hydrogens (tertiary/aromatic N) is 4. The van der Waals surface area contributed by atoms with E-state index >= 15 is 0 Å². The van der Waals surface area contributed by atoms with Gasteiger partial charge in [-0.05, 0) is 106 Å². The first kappa shape index (κ1) is 44.9. The van der Waals surface area contributed by atoms with Crippen molar-refractivity contribution in [1.82, 2.24) is 15.3 Å². The molecule has 0 unspecified atom stereocenters. The summed E-state index contributed by atoms with van der Waals surface area (Å²) in [7, 11) is 0. The number of anilines is 3. The van der Waals surface area contributed by atoms with Crippen LogP contribution in [0, 0.1) is 20.2 Å². The topological polar surface area (TPSA) is 188 Å². The van der Waals surface area contributed by atoms with E-state index in [-0.39, 0.29) is 40.1 Å². The molecule has 1 amide bonds. The van der Waals surface area contributed by atoms with Crippen molar-refractivity contribution in [2.45, 2.75) is 82.8 Å². The molecular formula is C48H50BrN7O6. The number of benzene rings is 4. The highest BCUT2D eigenvalue weighted by Crippen LogP contribution is 2.44. The van der Waals surface area contributed by atoms with Crippen LogP contribution in [0.15, 0.2) is 138 Å². The van der Waals surface area contributed by atoms with E-state index in [1.54, 1.807) is 12.1 Å². The molecule has 6 aromatic rings. The summed E-state index contributed by atoms with van der Waals surface area (Å²) >= 11 is 3.43. The molecule has 2 heterocycles. The number of nitrogens with one attached hydrogen (secondary N) is 2. The Labute approximate surface area is 369 Å². The van der Waals surface area contributed by atoms with Crippen LogP contribution in [0.5, 0.6) is 0 Å². The van der Waals surface area contributed by atoms with Gasteiger partial charge in [0.2, 0.25) is 11.6 Å². The minimum atomic E-state index is -0.545. The quantitative estimate of drug-likeness (QED) is 0.0930. The van der Waals surface area contributed by atoms with E-state index < -0.39 is 15.4 Å². The Bertz CT molecular complexity index is 2490. The van der Waals surface area contributed by atoms with E-state index in [2.05, 4.69) is 67.7 Å². The fraction of sp³-hybridized carbons (Fsp3) is 0.271. The molecule has 2 aromatic heterocycles. The second-order valence-electron chi connectivity index (χ2n) is 16.6. The second-order valence-corrected chi connectivity index (χ2v) is 17.5. The number of carbonyl (C=O) groups is 1. The van der Waals surface area contributed by atoms with E-state index in [4.69, 9.17) is 10.5 Å². The molecule has 320 valence electrons. The number of alkyl carbamates (subject to hydrolysis) is 1. The van der Waals surface area contributed by atoms with Crippen LogP contribution in [0.1, 0.15) is 77.3 Å². The van der Waals surface area contributed by atoms with Gasteiger partial charge in [0.05, 0.1) is 26.8 Å². The molecule has 13 nitrogen and oxygen atoms in total. The van der Waals surface area contributed by atoms with Gasteiger partial charge in [-0.3, -0.25) is 20.2 Å². The normalized spacial score (nSPS) is 14.5. The Morgan fingerprint density at radius 3 is 1.65 bits per heavy atom. The molecule has 0 radical (unpaired) electrons. The van der Waals surface area contributed by atoms with Crippen LogP contribution in [-0.4, -0.2) is 31.5 Å². The Balaban J connectivity index is 0.000000162. The number of hydrogen-bond donors (Lipinski definition) is 3. The third-order valence-corrected chi connectivity index (χ3v) is 11.5. The van der Waals surface area contributed by atoms with Crippen LogP contribution >= 0.6 is 15.9 Å². The molecule has 0 atom stereocenters. The molecule has 8 rings (SSSR count). The number of rotatable bonds is 9. The zero-order chi connectivity index (χ0) is 44.5. The van der Waals surface area contributed by atoms with Gasteiger partial charge in [-0.1, -0.05) is 114 Å². The third kappa shape index (κ3) is 11.4. The van der Waals surface area contributed by atoms with E-state index in [1.165, 1.54) is 37.0 Å². The average Bonchev–Trinajstić information content (AvgIpc) is 3.22. The lowest BCUT2D eigenvalue weighted by molar-refractivity contribution is -0.384. The van der Waals surface area contributed by atoms with Gasteiger partial charge in [0.25, 0.3) is 0 Å². The minimum Gasteiger partial charge on any atom is -0.444 e. The molecule has 2 fully saturated rings. The number of aromatic nitrogens is 2. The number of nitrogens with two attached hydrogens (primary N) is 1. The number of hydrogen-bond acceptors (Lipinski definition) is 10. The van der Waals surface area contributed by atoms with Crippen LogP contribution in [-0.2, 0) is 15.7 Å². The van der Waals surface area contributed by atoms with Crippen LogP contribution in [0.25, 0.3) is 22.5 Å². The molecule has 2 saturated carbocycles. The number of nitrogen functional groups attached to an aromatic ring is 1. The number of pyridine rings is 2. The van der Waals surface area contributed by atoms with Gasteiger partial charge in [0, 0.05) is 33.4 Å². The molecular weight excluding hydrogens is 850 g/mol. The highest BCUT2D eigenvalue weighted by atomic mass is 79.9. The third-order valence-electron chi connectivity index (χ3n) is 11.0. The van der Waals surface area contributed by atoms with Gasteiger partial charge in [0.1, 0.15) is 5.60 Å². The second kappa shape index (κ2) is 19.4. The molecule has 62 heavy (non-hydrogen) atoms. The molecule has 0 bridgehead atoms. The van der Waals surface area contributed by atoms with E-state index in [0.717, 1.165) is 46.1 Å². The van der Waals surface area contributed by atoms with E-state index in [0.29, 0.717) is 11.4 Å². The standard InChI is InChI=1S/C22H21N3O2.C15H20BrNO2.C11H9N3O2/c1-22(14-5-15-22)17-8-10-18(11-9-17)23-21-20(25(26)27)13-12-19(24-21)16-6-3-2-4-7-16;1-14(2,3)19-13(18)17-15(9-4-10-15)11-5-7-12(16)8-6-11;12-11-10(14(15)16)7-6-9(13-11)8-4-2-1-3-5-8/h2-4,6-13H,5,14-15H2,1H3,(H,23,24);5-8H,4,9-10H2,1-3H3,(H,17,18);1-7H,(H2,12,13). The lowest BCUT2D eigenvalue weighted by Crippen LogP contribution is -2.52. The van der Waals surface area contributed by atoms with Gasteiger partial charge in [0.15, 0.2) is 0 Å². The van der Waals surface area contributed by atoms with Gasteiger partial charge >= 0.3 is 17.5 Å². The number of halogens is 1. The number of amides is 1. The Morgan fingerprint density at radius 2 is 1.19 bits per heavy atom. The lowest BCUT2D eigenvalue weighted by atomic mass is 9.66. The fourth-order valence-electron chi connectivity index (χ4n) is 7.22. The minimum absolute atomic E-state index is 0.0373. The van der Waals surface area contributed by atoms with Crippen LogP contribution < -0.4 is 16.4 Å².